The number of nitrogens with zero attached hydrogens (tertiary/aromatic N) is 2. The molecule has 0 atom stereocenters. The Morgan fingerprint density at radius 1 is 1.33 bits per heavy atom. The number of imidazole rings is 1. The minimum atomic E-state index is 0.786. The monoisotopic (exact) mass is 247 g/mol. The maximum atomic E-state index is 5.39. The van der Waals surface area contributed by atoms with Crippen molar-refractivity contribution in [3.8, 4) is 0 Å². The lowest BCUT2D eigenvalue weighted by Gasteiger charge is -2.08. The van der Waals surface area contributed by atoms with E-state index in [2.05, 4.69) is 33.1 Å². The van der Waals surface area contributed by atoms with Crippen LogP contribution in [0.25, 0.3) is 11.0 Å². The molecule has 0 unspecified atom stereocenters. The zero-order valence-electron chi connectivity index (χ0n) is 11.1. The van der Waals surface area contributed by atoms with Crippen molar-refractivity contribution in [1.29, 1.82) is 0 Å². The van der Waals surface area contributed by atoms with Crippen molar-refractivity contribution in [3.05, 3.63) is 30.1 Å². The van der Waals surface area contributed by atoms with Crippen LogP contribution in [0.1, 0.15) is 19.2 Å². The molecule has 0 radical (unpaired) electrons. The Bertz CT molecular complexity index is 493. The summed E-state index contributed by atoms with van der Waals surface area (Å²) in [5.74, 6) is 1.09. The van der Waals surface area contributed by atoms with Gasteiger partial charge in [-0.05, 0) is 32.5 Å². The predicted molar refractivity (Wildman–Crippen MR) is 73.6 cm³/mol. The second-order valence-corrected chi connectivity index (χ2v) is 4.25. The van der Waals surface area contributed by atoms with E-state index >= 15 is 0 Å². The topological polar surface area (TPSA) is 39.1 Å². The lowest BCUT2D eigenvalue weighted by molar-refractivity contribution is 0.141. The van der Waals surface area contributed by atoms with Crippen molar-refractivity contribution in [3.63, 3.8) is 0 Å². The highest BCUT2D eigenvalue weighted by atomic mass is 16.5. The van der Waals surface area contributed by atoms with E-state index in [1.54, 1.807) is 0 Å². The lowest BCUT2D eigenvalue weighted by atomic mass is 10.3. The summed E-state index contributed by atoms with van der Waals surface area (Å²) in [6.45, 7) is 5.37. The summed E-state index contributed by atoms with van der Waals surface area (Å²) < 4.78 is 7.68. The summed E-state index contributed by atoms with van der Waals surface area (Å²) in [5.41, 5.74) is 2.28. The molecule has 2 aromatic rings. The van der Waals surface area contributed by atoms with Crippen LogP contribution in [-0.2, 0) is 17.8 Å². The van der Waals surface area contributed by atoms with Gasteiger partial charge in [0.15, 0.2) is 0 Å². The molecule has 0 aliphatic rings. The molecule has 2 rings (SSSR count). The summed E-state index contributed by atoms with van der Waals surface area (Å²) in [4.78, 5) is 4.66. The van der Waals surface area contributed by atoms with Gasteiger partial charge in [0.25, 0.3) is 0 Å². The molecule has 0 aliphatic heterocycles. The zero-order valence-corrected chi connectivity index (χ0v) is 11.1. The third kappa shape index (κ3) is 2.89. The van der Waals surface area contributed by atoms with E-state index in [1.165, 1.54) is 5.52 Å². The molecule has 0 aliphatic carbocycles. The number of aryl methyl sites for hydroxylation is 1. The van der Waals surface area contributed by atoms with Crippen molar-refractivity contribution in [1.82, 2.24) is 14.9 Å². The highest BCUT2D eigenvalue weighted by molar-refractivity contribution is 5.75. The van der Waals surface area contributed by atoms with E-state index in [-0.39, 0.29) is 0 Å². The number of fused-ring (bicyclic) bond motifs is 1. The standard InChI is InChI=1S/C14H21N3O/c1-3-18-10-6-9-17-13-8-5-4-7-12(13)16-14(17)11-15-2/h4-5,7-8,15H,3,6,9-11H2,1-2H3. The Balaban J connectivity index is 2.19. The molecule has 0 fully saturated rings. The summed E-state index contributed by atoms with van der Waals surface area (Å²) >= 11 is 0. The van der Waals surface area contributed by atoms with Crippen molar-refractivity contribution >= 4 is 11.0 Å². The fraction of sp³-hybridized carbons (Fsp3) is 0.500. The van der Waals surface area contributed by atoms with Gasteiger partial charge in [-0.25, -0.2) is 4.98 Å². The molecule has 1 aromatic carbocycles. The number of aromatic nitrogens is 2. The number of ether oxygens (including phenoxy) is 1. The number of hydrogen-bond acceptors (Lipinski definition) is 3. The van der Waals surface area contributed by atoms with Crippen LogP contribution in [-0.4, -0.2) is 29.8 Å². The minimum absolute atomic E-state index is 0.786. The number of benzene rings is 1. The highest BCUT2D eigenvalue weighted by Gasteiger charge is 2.08. The van der Waals surface area contributed by atoms with Gasteiger partial charge in [-0.1, -0.05) is 12.1 Å². The number of para-hydroxylation sites is 2. The third-order valence-corrected chi connectivity index (χ3v) is 2.94. The summed E-state index contributed by atoms with van der Waals surface area (Å²) in [6.07, 6.45) is 1.02. The largest absolute Gasteiger partial charge is 0.382 e. The molecule has 1 heterocycles. The Labute approximate surface area is 108 Å². The molecule has 4 heteroatoms. The molecular weight excluding hydrogens is 226 g/mol. The molecule has 0 spiro atoms. The third-order valence-electron chi connectivity index (χ3n) is 2.94. The van der Waals surface area contributed by atoms with Crippen LogP contribution in [0.5, 0.6) is 0 Å². The summed E-state index contributed by atoms with van der Waals surface area (Å²) in [5, 5.41) is 3.17. The molecule has 1 N–H and O–H groups in total. The fourth-order valence-corrected chi connectivity index (χ4v) is 2.14. The van der Waals surface area contributed by atoms with Crippen molar-refractivity contribution < 1.29 is 4.74 Å². The predicted octanol–water partition coefficient (Wildman–Crippen LogP) is 2.18. The zero-order chi connectivity index (χ0) is 12.8. The van der Waals surface area contributed by atoms with Gasteiger partial charge in [-0.2, -0.15) is 0 Å². The maximum Gasteiger partial charge on any atom is 0.123 e. The molecule has 18 heavy (non-hydrogen) atoms. The molecule has 0 saturated carbocycles. The summed E-state index contributed by atoms with van der Waals surface area (Å²) in [7, 11) is 1.95. The van der Waals surface area contributed by atoms with E-state index in [0.717, 1.165) is 44.1 Å². The van der Waals surface area contributed by atoms with E-state index in [9.17, 15) is 0 Å². The first-order valence-electron chi connectivity index (χ1n) is 6.53. The molecule has 4 nitrogen and oxygen atoms in total. The summed E-state index contributed by atoms with van der Waals surface area (Å²) in [6, 6.07) is 8.28. The minimum Gasteiger partial charge on any atom is -0.382 e. The maximum absolute atomic E-state index is 5.39. The normalized spacial score (nSPS) is 11.2. The van der Waals surface area contributed by atoms with E-state index in [0.29, 0.717) is 0 Å². The van der Waals surface area contributed by atoms with Crippen molar-refractivity contribution in [2.45, 2.75) is 26.4 Å². The Kier molecular flexibility index (Phi) is 4.73. The average Bonchev–Trinajstić information content (AvgIpc) is 2.73. The average molecular weight is 247 g/mol. The van der Waals surface area contributed by atoms with E-state index < -0.39 is 0 Å². The van der Waals surface area contributed by atoms with Gasteiger partial charge in [0.1, 0.15) is 5.82 Å². The molecule has 0 bridgehead atoms. The van der Waals surface area contributed by atoms with Gasteiger partial charge in [0.2, 0.25) is 0 Å². The van der Waals surface area contributed by atoms with Gasteiger partial charge >= 0.3 is 0 Å². The Morgan fingerprint density at radius 3 is 2.94 bits per heavy atom. The molecule has 1 aromatic heterocycles. The second kappa shape index (κ2) is 6.52. The fourth-order valence-electron chi connectivity index (χ4n) is 2.14. The first-order chi connectivity index (χ1) is 8.86. The van der Waals surface area contributed by atoms with Crippen LogP contribution in [0.2, 0.25) is 0 Å². The molecule has 0 saturated heterocycles. The second-order valence-electron chi connectivity index (χ2n) is 4.25. The van der Waals surface area contributed by atoms with Crippen LogP contribution in [0.15, 0.2) is 24.3 Å². The van der Waals surface area contributed by atoms with Gasteiger partial charge in [0.05, 0.1) is 17.6 Å². The van der Waals surface area contributed by atoms with Crippen molar-refractivity contribution in [2.24, 2.45) is 0 Å². The lowest BCUT2D eigenvalue weighted by Crippen LogP contribution is -2.13. The quantitative estimate of drug-likeness (QED) is 0.762. The highest BCUT2D eigenvalue weighted by Crippen LogP contribution is 2.16. The van der Waals surface area contributed by atoms with Crippen LogP contribution in [0, 0.1) is 0 Å². The Hall–Kier alpha value is -1.39. The first-order valence-corrected chi connectivity index (χ1v) is 6.53. The van der Waals surface area contributed by atoms with Gasteiger partial charge in [-0.3, -0.25) is 0 Å². The van der Waals surface area contributed by atoms with Crippen LogP contribution < -0.4 is 5.32 Å². The molecular formula is C14H21N3O. The Morgan fingerprint density at radius 2 is 2.17 bits per heavy atom. The van der Waals surface area contributed by atoms with E-state index in [1.807, 2.05) is 20.0 Å². The number of hydrogen-bond donors (Lipinski definition) is 1. The number of nitrogens with one attached hydrogen (secondary N) is 1. The number of rotatable bonds is 7. The van der Waals surface area contributed by atoms with E-state index in [4.69, 9.17) is 4.74 Å². The molecule has 0 amide bonds. The van der Waals surface area contributed by atoms with Crippen molar-refractivity contribution in [2.75, 3.05) is 20.3 Å². The smallest absolute Gasteiger partial charge is 0.123 e. The van der Waals surface area contributed by atoms with Gasteiger partial charge < -0.3 is 14.6 Å². The van der Waals surface area contributed by atoms with Crippen LogP contribution >= 0.6 is 0 Å². The van der Waals surface area contributed by atoms with Crippen LogP contribution in [0.4, 0.5) is 0 Å². The SMILES string of the molecule is CCOCCCn1c(CNC)nc2ccccc21. The first kappa shape index (κ1) is 13.1. The van der Waals surface area contributed by atoms with Gasteiger partial charge in [-0.15, -0.1) is 0 Å². The van der Waals surface area contributed by atoms with Crippen LogP contribution in [0.3, 0.4) is 0 Å². The van der Waals surface area contributed by atoms with Gasteiger partial charge in [0, 0.05) is 19.8 Å². The molecule has 98 valence electrons.